The molecule has 1 aromatic rings. The summed E-state index contributed by atoms with van der Waals surface area (Å²) < 4.78 is 0. The summed E-state index contributed by atoms with van der Waals surface area (Å²) in [6, 6.07) is 3.11. The molecule has 2 N–H and O–H groups in total. The number of nitrogens with two attached hydrogens (primary N) is 1. The van der Waals surface area contributed by atoms with E-state index in [-0.39, 0.29) is 16.9 Å². The van der Waals surface area contributed by atoms with E-state index in [2.05, 4.69) is 9.88 Å². The molecule has 0 fully saturated rings. The fourth-order valence-electron chi connectivity index (χ4n) is 1.80. The minimum Gasteiger partial charge on any atom is -0.384 e. The van der Waals surface area contributed by atoms with Crippen molar-refractivity contribution >= 4 is 23.3 Å². The SMILES string of the molecule is CCN(CCCN(C)C)C(=O)c1cc(N)nc(Cl)c1. The van der Waals surface area contributed by atoms with E-state index in [1.54, 1.807) is 17.0 Å². The van der Waals surface area contributed by atoms with Gasteiger partial charge >= 0.3 is 0 Å². The highest BCUT2D eigenvalue weighted by molar-refractivity contribution is 6.29. The maximum absolute atomic E-state index is 12.3. The number of halogens is 1. The lowest BCUT2D eigenvalue weighted by Gasteiger charge is -2.22. The van der Waals surface area contributed by atoms with E-state index in [0.29, 0.717) is 18.7 Å². The summed E-state index contributed by atoms with van der Waals surface area (Å²) in [6.07, 6.45) is 0.931. The number of carbonyl (C=O) groups is 1. The van der Waals surface area contributed by atoms with Gasteiger partial charge in [0, 0.05) is 18.7 Å². The summed E-state index contributed by atoms with van der Waals surface area (Å²) in [5.74, 6) is 0.206. The van der Waals surface area contributed by atoms with Crippen molar-refractivity contribution in [2.75, 3.05) is 39.5 Å². The lowest BCUT2D eigenvalue weighted by molar-refractivity contribution is 0.0759. The molecule has 0 aliphatic heterocycles. The van der Waals surface area contributed by atoms with Crippen LogP contribution in [0.4, 0.5) is 5.82 Å². The van der Waals surface area contributed by atoms with Crippen LogP contribution >= 0.6 is 11.6 Å². The molecule has 1 heterocycles. The van der Waals surface area contributed by atoms with Gasteiger partial charge in [-0.15, -0.1) is 0 Å². The highest BCUT2D eigenvalue weighted by Crippen LogP contribution is 2.14. The Morgan fingerprint density at radius 3 is 2.58 bits per heavy atom. The molecular formula is C13H21ClN4O. The van der Waals surface area contributed by atoms with Crippen molar-refractivity contribution in [2.24, 2.45) is 0 Å². The van der Waals surface area contributed by atoms with Crippen LogP contribution in [0.15, 0.2) is 12.1 Å². The number of pyridine rings is 1. The average molecular weight is 285 g/mol. The molecule has 0 saturated heterocycles. The predicted octanol–water partition coefficient (Wildman–Crippen LogP) is 1.73. The normalized spacial score (nSPS) is 10.8. The molecule has 1 amide bonds. The van der Waals surface area contributed by atoms with Gasteiger partial charge in [-0.3, -0.25) is 4.79 Å². The van der Waals surface area contributed by atoms with Gasteiger partial charge in [0.05, 0.1) is 0 Å². The molecule has 0 radical (unpaired) electrons. The number of nitrogen functional groups attached to an aromatic ring is 1. The molecule has 0 aromatic carbocycles. The van der Waals surface area contributed by atoms with E-state index in [1.165, 1.54) is 0 Å². The van der Waals surface area contributed by atoms with Crippen LogP contribution in [0.3, 0.4) is 0 Å². The van der Waals surface area contributed by atoms with E-state index < -0.39 is 0 Å². The molecule has 0 aliphatic rings. The van der Waals surface area contributed by atoms with Gasteiger partial charge < -0.3 is 15.5 Å². The van der Waals surface area contributed by atoms with Crippen molar-refractivity contribution < 1.29 is 4.79 Å². The first-order chi connectivity index (χ1) is 8.93. The fourth-order valence-corrected chi connectivity index (χ4v) is 2.02. The van der Waals surface area contributed by atoms with E-state index in [4.69, 9.17) is 17.3 Å². The molecule has 1 rings (SSSR count). The van der Waals surface area contributed by atoms with Gasteiger partial charge in [-0.25, -0.2) is 4.98 Å². The number of anilines is 1. The summed E-state index contributed by atoms with van der Waals surface area (Å²) in [6.45, 7) is 4.28. The summed E-state index contributed by atoms with van der Waals surface area (Å²) >= 11 is 5.82. The Hall–Kier alpha value is -1.33. The maximum atomic E-state index is 12.3. The molecule has 0 saturated carbocycles. The first-order valence-corrected chi connectivity index (χ1v) is 6.69. The largest absolute Gasteiger partial charge is 0.384 e. The standard InChI is InChI=1S/C13H21ClN4O/c1-4-18(7-5-6-17(2)3)13(19)10-8-11(14)16-12(15)9-10/h8-9H,4-7H2,1-3H3,(H2,15,16). The predicted molar refractivity (Wildman–Crippen MR) is 78.4 cm³/mol. The highest BCUT2D eigenvalue weighted by atomic mass is 35.5. The molecular weight excluding hydrogens is 264 g/mol. The Bertz CT molecular complexity index is 416. The number of hydrogen-bond donors (Lipinski definition) is 1. The van der Waals surface area contributed by atoms with Crippen molar-refractivity contribution in [3.8, 4) is 0 Å². The van der Waals surface area contributed by atoms with Crippen molar-refractivity contribution in [1.82, 2.24) is 14.8 Å². The Morgan fingerprint density at radius 2 is 2.05 bits per heavy atom. The molecule has 0 spiro atoms. The van der Waals surface area contributed by atoms with E-state index in [0.717, 1.165) is 13.0 Å². The number of nitrogens with zero attached hydrogens (tertiary/aromatic N) is 3. The van der Waals surface area contributed by atoms with Crippen LogP contribution < -0.4 is 5.73 Å². The number of rotatable bonds is 6. The zero-order chi connectivity index (χ0) is 14.4. The molecule has 5 nitrogen and oxygen atoms in total. The lowest BCUT2D eigenvalue weighted by Crippen LogP contribution is -2.33. The van der Waals surface area contributed by atoms with Gasteiger partial charge in [-0.1, -0.05) is 11.6 Å². The van der Waals surface area contributed by atoms with Gasteiger partial charge in [0.1, 0.15) is 11.0 Å². The molecule has 0 aliphatic carbocycles. The topological polar surface area (TPSA) is 62.5 Å². The van der Waals surface area contributed by atoms with Crippen LogP contribution in [0.5, 0.6) is 0 Å². The van der Waals surface area contributed by atoms with Gasteiger partial charge in [-0.05, 0) is 46.1 Å². The highest BCUT2D eigenvalue weighted by Gasteiger charge is 2.15. The van der Waals surface area contributed by atoms with Crippen LogP contribution in [0.2, 0.25) is 5.15 Å². The summed E-state index contributed by atoms with van der Waals surface area (Å²) in [4.78, 5) is 20.1. The van der Waals surface area contributed by atoms with Crippen LogP contribution in [-0.2, 0) is 0 Å². The Kier molecular flexibility index (Phi) is 6.05. The zero-order valence-electron chi connectivity index (χ0n) is 11.7. The molecule has 106 valence electrons. The second-order valence-corrected chi connectivity index (χ2v) is 5.03. The van der Waals surface area contributed by atoms with Gasteiger partial charge in [0.15, 0.2) is 0 Å². The molecule has 0 atom stereocenters. The summed E-state index contributed by atoms with van der Waals surface area (Å²) in [5.41, 5.74) is 6.10. The van der Waals surface area contributed by atoms with Crippen molar-refractivity contribution in [3.05, 3.63) is 22.8 Å². The number of aromatic nitrogens is 1. The van der Waals surface area contributed by atoms with E-state index in [9.17, 15) is 4.79 Å². The third-order valence-electron chi connectivity index (χ3n) is 2.76. The van der Waals surface area contributed by atoms with Crippen LogP contribution in [0, 0.1) is 0 Å². The zero-order valence-corrected chi connectivity index (χ0v) is 12.4. The number of hydrogen-bond acceptors (Lipinski definition) is 4. The summed E-state index contributed by atoms with van der Waals surface area (Å²) in [7, 11) is 4.03. The molecule has 1 aromatic heterocycles. The van der Waals surface area contributed by atoms with Gasteiger partial charge in [0.2, 0.25) is 0 Å². The Morgan fingerprint density at radius 1 is 1.37 bits per heavy atom. The van der Waals surface area contributed by atoms with Crippen LogP contribution in [-0.4, -0.2) is 54.4 Å². The van der Waals surface area contributed by atoms with E-state index in [1.807, 2.05) is 21.0 Å². The average Bonchev–Trinajstić information content (AvgIpc) is 2.32. The smallest absolute Gasteiger partial charge is 0.254 e. The quantitative estimate of drug-likeness (QED) is 0.808. The Labute approximate surface area is 119 Å². The van der Waals surface area contributed by atoms with Crippen molar-refractivity contribution in [2.45, 2.75) is 13.3 Å². The molecule has 0 unspecified atom stereocenters. The monoisotopic (exact) mass is 284 g/mol. The lowest BCUT2D eigenvalue weighted by atomic mass is 10.2. The molecule has 19 heavy (non-hydrogen) atoms. The van der Waals surface area contributed by atoms with Crippen molar-refractivity contribution in [3.63, 3.8) is 0 Å². The van der Waals surface area contributed by atoms with Crippen molar-refractivity contribution in [1.29, 1.82) is 0 Å². The second-order valence-electron chi connectivity index (χ2n) is 4.65. The minimum atomic E-state index is -0.0581. The fraction of sp³-hybridized carbons (Fsp3) is 0.538. The van der Waals surface area contributed by atoms with Gasteiger partial charge in [-0.2, -0.15) is 0 Å². The third kappa shape index (κ3) is 5.04. The first-order valence-electron chi connectivity index (χ1n) is 6.31. The number of carbonyl (C=O) groups excluding carboxylic acids is 1. The third-order valence-corrected chi connectivity index (χ3v) is 2.96. The van der Waals surface area contributed by atoms with E-state index >= 15 is 0 Å². The van der Waals surface area contributed by atoms with Crippen LogP contribution in [0.1, 0.15) is 23.7 Å². The minimum absolute atomic E-state index is 0.0581. The first kappa shape index (κ1) is 15.7. The number of amides is 1. The molecule has 0 bridgehead atoms. The maximum Gasteiger partial charge on any atom is 0.254 e. The Balaban J connectivity index is 2.72. The summed E-state index contributed by atoms with van der Waals surface area (Å²) in [5, 5.41) is 0.243. The van der Waals surface area contributed by atoms with Crippen LogP contribution in [0.25, 0.3) is 0 Å². The molecule has 6 heteroatoms. The second kappa shape index (κ2) is 7.31. The van der Waals surface area contributed by atoms with Gasteiger partial charge in [0.25, 0.3) is 5.91 Å².